The Bertz CT molecular complexity index is 417. The van der Waals surface area contributed by atoms with Crippen LogP contribution in [0.5, 0.6) is 0 Å². The number of nitrogens with one attached hydrogen (secondary N) is 2. The van der Waals surface area contributed by atoms with Crippen molar-refractivity contribution in [2.45, 2.75) is 52.6 Å². The summed E-state index contributed by atoms with van der Waals surface area (Å²) in [6.45, 7) is 9.82. The summed E-state index contributed by atoms with van der Waals surface area (Å²) in [5, 5.41) is 10.5. The van der Waals surface area contributed by atoms with Gasteiger partial charge in [-0.3, -0.25) is 9.48 Å². The Morgan fingerprint density at radius 1 is 1.50 bits per heavy atom. The Labute approximate surface area is 109 Å². The summed E-state index contributed by atoms with van der Waals surface area (Å²) in [5.41, 5.74) is 1.69. The molecule has 2 N–H and O–H groups in total. The number of hydrogen-bond donors (Lipinski definition) is 2. The van der Waals surface area contributed by atoms with Crippen LogP contribution < -0.4 is 10.6 Å². The molecule has 0 radical (unpaired) electrons. The third-order valence-corrected chi connectivity index (χ3v) is 2.50. The zero-order chi connectivity index (χ0) is 13.9. The lowest BCUT2D eigenvalue weighted by atomic mass is 10.1. The SMILES string of the molecule is CCc1nn(C)cc1NC(C)C(=O)NC(C)(C)C. The van der Waals surface area contributed by atoms with Crippen LogP contribution >= 0.6 is 0 Å². The highest BCUT2D eigenvalue weighted by atomic mass is 16.2. The van der Waals surface area contributed by atoms with Gasteiger partial charge in [-0.2, -0.15) is 5.10 Å². The molecule has 1 aromatic rings. The van der Waals surface area contributed by atoms with Crippen LogP contribution in [0.1, 0.15) is 40.3 Å². The van der Waals surface area contributed by atoms with Crippen LogP contribution in [-0.2, 0) is 18.3 Å². The number of carbonyl (C=O) groups excluding carboxylic acids is 1. The minimum Gasteiger partial charge on any atom is -0.371 e. The normalized spacial score (nSPS) is 13.2. The molecule has 0 aliphatic carbocycles. The highest BCUT2D eigenvalue weighted by Crippen LogP contribution is 2.15. The molecule has 0 fully saturated rings. The van der Waals surface area contributed by atoms with Gasteiger partial charge >= 0.3 is 0 Å². The fourth-order valence-electron chi connectivity index (χ4n) is 1.69. The molecule has 5 heteroatoms. The second-order valence-corrected chi connectivity index (χ2v) is 5.62. The lowest BCUT2D eigenvalue weighted by molar-refractivity contribution is -0.122. The van der Waals surface area contributed by atoms with Crippen LogP contribution in [0.4, 0.5) is 5.69 Å². The van der Waals surface area contributed by atoms with Crippen molar-refractivity contribution in [3.63, 3.8) is 0 Å². The van der Waals surface area contributed by atoms with Gasteiger partial charge in [-0.1, -0.05) is 6.92 Å². The van der Waals surface area contributed by atoms with E-state index < -0.39 is 0 Å². The number of aromatic nitrogens is 2. The first-order valence-electron chi connectivity index (χ1n) is 6.34. The van der Waals surface area contributed by atoms with Gasteiger partial charge in [0, 0.05) is 18.8 Å². The lowest BCUT2D eigenvalue weighted by Gasteiger charge is -2.24. The van der Waals surface area contributed by atoms with Crippen LogP contribution in [0.15, 0.2) is 6.20 Å². The zero-order valence-electron chi connectivity index (χ0n) is 12.2. The number of rotatable bonds is 4. The average Bonchev–Trinajstić information content (AvgIpc) is 2.56. The van der Waals surface area contributed by atoms with Gasteiger partial charge < -0.3 is 10.6 Å². The number of aryl methyl sites for hydroxylation is 2. The van der Waals surface area contributed by atoms with E-state index in [0.717, 1.165) is 17.8 Å². The summed E-state index contributed by atoms with van der Waals surface area (Å²) in [7, 11) is 1.88. The van der Waals surface area contributed by atoms with Gasteiger partial charge in [0.2, 0.25) is 5.91 Å². The number of hydrogen-bond acceptors (Lipinski definition) is 3. The second-order valence-electron chi connectivity index (χ2n) is 5.62. The number of carbonyl (C=O) groups is 1. The van der Waals surface area contributed by atoms with E-state index in [1.165, 1.54) is 0 Å². The number of nitrogens with zero attached hydrogens (tertiary/aromatic N) is 2. The molecule has 5 nitrogen and oxygen atoms in total. The monoisotopic (exact) mass is 252 g/mol. The molecule has 1 rings (SSSR count). The summed E-state index contributed by atoms with van der Waals surface area (Å²) in [5.74, 6) is -0.00611. The third kappa shape index (κ3) is 4.05. The molecule has 0 aliphatic heterocycles. The molecular formula is C13H24N4O. The maximum atomic E-state index is 12.0. The molecule has 18 heavy (non-hydrogen) atoms. The predicted octanol–water partition coefficient (Wildman–Crippen LogP) is 1.70. The van der Waals surface area contributed by atoms with Gasteiger partial charge in [-0.05, 0) is 34.1 Å². The van der Waals surface area contributed by atoms with E-state index in [0.29, 0.717) is 0 Å². The van der Waals surface area contributed by atoms with Gasteiger partial charge in [0.1, 0.15) is 6.04 Å². The van der Waals surface area contributed by atoms with Crippen molar-refractivity contribution in [3.05, 3.63) is 11.9 Å². The van der Waals surface area contributed by atoms with E-state index in [-0.39, 0.29) is 17.5 Å². The van der Waals surface area contributed by atoms with Crippen LogP contribution in [0.3, 0.4) is 0 Å². The molecule has 0 bridgehead atoms. The first-order valence-corrected chi connectivity index (χ1v) is 6.34. The van der Waals surface area contributed by atoms with Gasteiger partial charge in [0.25, 0.3) is 0 Å². The zero-order valence-corrected chi connectivity index (χ0v) is 12.2. The summed E-state index contributed by atoms with van der Waals surface area (Å²) in [4.78, 5) is 12.0. The van der Waals surface area contributed by atoms with E-state index in [4.69, 9.17) is 0 Å². The van der Waals surface area contributed by atoms with E-state index in [1.807, 2.05) is 47.9 Å². The minimum atomic E-state index is -0.279. The van der Waals surface area contributed by atoms with Crippen molar-refractivity contribution in [2.75, 3.05) is 5.32 Å². The smallest absolute Gasteiger partial charge is 0.242 e. The summed E-state index contributed by atoms with van der Waals surface area (Å²) >= 11 is 0. The van der Waals surface area contributed by atoms with Crippen LogP contribution in [0.25, 0.3) is 0 Å². The molecule has 0 spiro atoms. The topological polar surface area (TPSA) is 59.0 Å². The van der Waals surface area contributed by atoms with Crippen molar-refractivity contribution in [3.8, 4) is 0 Å². The maximum Gasteiger partial charge on any atom is 0.242 e. The Morgan fingerprint density at radius 3 is 2.61 bits per heavy atom. The van der Waals surface area contributed by atoms with Crippen LogP contribution in [0, 0.1) is 0 Å². The molecule has 102 valence electrons. The molecule has 0 saturated heterocycles. The van der Waals surface area contributed by atoms with E-state index in [1.54, 1.807) is 4.68 Å². The van der Waals surface area contributed by atoms with Crippen molar-refractivity contribution >= 4 is 11.6 Å². The quantitative estimate of drug-likeness (QED) is 0.857. The van der Waals surface area contributed by atoms with Crippen LogP contribution in [-0.4, -0.2) is 27.3 Å². The Kier molecular flexibility index (Phi) is 4.38. The Balaban J connectivity index is 2.69. The van der Waals surface area contributed by atoms with Gasteiger partial charge in [0.05, 0.1) is 11.4 Å². The van der Waals surface area contributed by atoms with E-state index >= 15 is 0 Å². The number of amides is 1. The molecule has 1 unspecified atom stereocenters. The Morgan fingerprint density at radius 2 is 2.11 bits per heavy atom. The first kappa shape index (κ1) is 14.5. The Hall–Kier alpha value is -1.52. The molecule has 1 amide bonds. The average molecular weight is 252 g/mol. The third-order valence-electron chi connectivity index (χ3n) is 2.50. The molecule has 0 saturated carbocycles. The fraction of sp³-hybridized carbons (Fsp3) is 0.692. The largest absolute Gasteiger partial charge is 0.371 e. The minimum absolute atomic E-state index is 0.00611. The van der Waals surface area contributed by atoms with Crippen molar-refractivity contribution in [2.24, 2.45) is 7.05 Å². The molecule has 0 aromatic carbocycles. The standard InChI is InChI=1S/C13H24N4O/c1-7-10-11(8-17(6)16-10)14-9(2)12(18)15-13(3,4)5/h8-9,14H,7H2,1-6H3,(H,15,18). The van der Waals surface area contributed by atoms with Gasteiger partial charge in [-0.25, -0.2) is 0 Å². The van der Waals surface area contributed by atoms with Crippen molar-refractivity contribution in [1.82, 2.24) is 15.1 Å². The predicted molar refractivity (Wildman–Crippen MR) is 73.6 cm³/mol. The van der Waals surface area contributed by atoms with Gasteiger partial charge in [-0.15, -0.1) is 0 Å². The van der Waals surface area contributed by atoms with E-state index in [2.05, 4.69) is 15.7 Å². The molecule has 1 aromatic heterocycles. The summed E-state index contributed by atoms with van der Waals surface area (Å²) in [6.07, 6.45) is 2.75. The highest BCUT2D eigenvalue weighted by Gasteiger charge is 2.20. The molecular weight excluding hydrogens is 228 g/mol. The molecule has 0 aliphatic rings. The second kappa shape index (κ2) is 5.42. The summed E-state index contributed by atoms with van der Waals surface area (Å²) in [6, 6.07) is -0.279. The van der Waals surface area contributed by atoms with E-state index in [9.17, 15) is 4.79 Å². The van der Waals surface area contributed by atoms with Crippen molar-refractivity contribution in [1.29, 1.82) is 0 Å². The molecule has 1 atom stereocenters. The lowest BCUT2D eigenvalue weighted by Crippen LogP contribution is -2.47. The van der Waals surface area contributed by atoms with Gasteiger partial charge in [0.15, 0.2) is 0 Å². The number of anilines is 1. The molecule has 1 heterocycles. The van der Waals surface area contributed by atoms with Crippen LogP contribution in [0.2, 0.25) is 0 Å². The summed E-state index contributed by atoms with van der Waals surface area (Å²) < 4.78 is 1.76. The first-order chi connectivity index (χ1) is 8.23. The maximum absolute atomic E-state index is 12.0. The van der Waals surface area contributed by atoms with Crippen molar-refractivity contribution < 1.29 is 4.79 Å². The highest BCUT2D eigenvalue weighted by molar-refractivity contribution is 5.84. The fourth-order valence-corrected chi connectivity index (χ4v) is 1.69.